The number of hydrogen-bond donors (Lipinski definition) is 1. The van der Waals surface area contributed by atoms with Gasteiger partial charge in [0.2, 0.25) is 0 Å². The third-order valence-corrected chi connectivity index (χ3v) is 30.3. The van der Waals surface area contributed by atoms with E-state index >= 15 is 0 Å². The summed E-state index contributed by atoms with van der Waals surface area (Å²) in [6.07, 6.45) is 8.95. The number of rotatable bonds is 13. The number of nitrogens with one attached hydrogen (secondary N) is 1. The Morgan fingerprint density at radius 1 is 1.03 bits per heavy atom. The Balaban J connectivity index is 2.88. The van der Waals surface area contributed by atoms with E-state index in [0.717, 1.165) is 10.5 Å². The molecule has 0 amide bonds. The van der Waals surface area contributed by atoms with Gasteiger partial charge in [-0.2, -0.15) is 0 Å². The van der Waals surface area contributed by atoms with Crippen molar-refractivity contribution in [2.24, 2.45) is 0 Å². The Labute approximate surface area is 206 Å². The number of imidazole rings is 1. The van der Waals surface area contributed by atoms with Crippen molar-refractivity contribution in [3.05, 3.63) is 12.0 Å². The second kappa shape index (κ2) is 11.7. The average Bonchev–Trinajstić information content (AvgIpc) is 3.25. The first-order valence-corrected chi connectivity index (χ1v) is 25.1. The molecule has 2 rings (SSSR count). The summed E-state index contributed by atoms with van der Waals surface area (Å²) in [6, 6.07) is 0. The fourth-order valence-corrected chi connectivity index (χ4v) is 31.8. The van der Waals surface area contributed by atoms with Gasteiger partial charge in [-0.1, -0.05) is 0 Å². The molecule has 0 unspecified atom stereocenters. The van der Waals surface area contributed by atoms with Crippen molar-refractivity contribution in [1.29, 1.82) is 0 Å². The van der Waals surface area contributed by atoms with Crippen LogP contribution in [0.3, 0.4) is 0 Å². The van der Waals surface area contributed by atoms with E-state index in [0.29, 0.717) is 5.03 Å². The Morgan fingerprint density at radius 3 is 1.94 bits per heavy atom. The molecular weight excluding hydrogens is 561 g/mol. The summed E-state index contributed by atoms with van der Waals surface area (Å²) in [5.41, 5.74) is 0.903. The molecule has 0 aliphatic carbocycles. The molecule has 0 atom stereocenters. The van der Waals surface area contributed by atoms with E-state index in [9.17, 15) is 8.42 Å². The van der Waals surface area contributed by atoms with Crippen LogP contribution in [0.2, 0.25) is 26.4 Å². The van der Waals surface area contributed by atoms with Gasteiger partial charge >= 0.3 is 208 Å². The molecule has 0 aliphatic rings. The van der Waals surface area contributed by atoms with Gasteiger partial charge in [0.05, 0.1) is 0 Å². The van der Waals surface area contributed by atoms with Crippen LogP contribution in [0.5, 0.6) is 0 Å². The normalized spacial score (nSPS) is 13.5. The minimum atomic E-state index is -3.57. The molecule has 0 fully saturated rings. The molecule has 0 saturated heterocycles. The molecule has 0 bridgehead atoms. The van der Waals surface area contributed by atoms with Gasteiger partial charge in [0.1, 0.15) is 0 Å². The van der Waals surface area contributed by atoms with Gasteiger partial charge in [0.25, 0.3) is 0 Å². The number of unbranched alkanes of at least 4 members (excludes halogenated alkanes) is 3. The summed E-state index contributed by atoms with van der Waals surface area (Å²) < 4.78 is 37.6. The molecule has 0 aliphatic heterocycles. The van der Waals surface area contributed by atoms with E-state index in [1.165, 1.54) is 54.7 Å². The first kappa shape index (κ1) is 28.3. The van der Waals surface area contributed by atoms with Crippen molar-refractivity contribution in [2.75, 3.05) is 0 Å². The topological polar surface area (TPSA) is 63.5 Å². The summed E-state index contributed by atoms with van der Waals surface area (Å²) in [5, 5.41) is 0.556. The third kappa shape index (κ3) is 6.40. The van der Waals surface area contributed by atoms with Crippen LogP contribution < -0.4 is 7.28 Å². The van der Waals surface area contributed by atoms with Crippen LogP contribution in [0.4, 0.5) is 0 Å². The molecule has 2 heterocycles. The number of aromatic nitrogens is 2. The molecule has 1 N–H and O–H groups in total. The first-order chi connectivity index (χ1) is 14.9. The van der Waals surface area contributed by atoms with Crippen molar-refractivity contribution in [3.8, 4) is 0 Å². The monoisotopic (exact) mass is 607 g/mol. The molecule has 184 valence electrons. The molecule has 2 aromatic heterocycles. The van der Waals surface area contributed by atoms with Gasteiger partial charge in [-0.15, -0.1) is 0 Å². The van der Waals surface area contributed by atoms with Gasteiger partial charge in [-0.05, 0) is 0 Å². The average molecular weight is 607 g/mol. The molecule has 5 nitrogen and oxygen atoms in total. The fraction of sp³-hybridized carbons (Fsp3) is 0.783. The van der Waals surface area contributed by atoms with Gasteiger partial charge in [0, 0.05) is 0 Å². The molecule has 0 aromatic carbocycles. The fourth-order valence-electron chi connectivity index (χ4n) is 4.56. The predicted molar refractivity (Wildman–Crippen MR) is 146 cm³/mol. The quantitative estimate of drug-likeness (QED) is 0.284. The second-order valence-corrected chi connectivity index (χ2v) is 30.3. The molecule has 9 heteroatoms. The van der Waals surface area contributed by atoms with Crippen LogP contribution in [0.25, 0.3) is 4.83 Å². The van der Waals surface area contributed by atoms with Gasteiger partial charge < -0.3 is 0 Å². The van der Waals surface area contributed by atoms with E-state index < -0.39 is 37.4 Å². The van der Waals surface area contributed by atoms with Gasteiger partial charge in [-0.3, -0.25) is 0 Å². The molecule has 0 saturated carbocycles. The molecule has 2 aromatic rings. The Morgan fingerprint density at radius 2 is 1.53 bits per heavy atom. The SMILES string of the molecule is CCC[CH2][Sn]([CH2]CCC)([CH2]CCC)[c]1sc2c(C(C)(C)C)ncn2c1S(=O)(=O)N[SiH](C)C. The predicted octanol–water partition coefficient (Wildman–Crippen LogP) is 6.01. The summed E-state index contributed by atoms with van der Waals surface area (Å²) in [5.74, 6) is 0. The van der Waals surface area contributed by atoms with Crippen LogP contribution in [0.1, 0.15) is 85.8 Å². The van der Waals surface area contributed by atoms with Crippen molar-refractivity contribution >= 4 is 56.4 Å². The number of fused-ring (bicyclic) bond motifs is 1. The zero-order valence-electron chi connectivity index (χ0n) is 21.5. The van der Waals surface area contributed by atoms with E-state index in [2.05, 4.69) is 45.9 Å². The number of hydrogen-bond acceptors (Lipinski definition) is 4. The maximum atomic E-state index is 13.8. The molecule has 0 spiro atoms. The standard InChI is InChI=1S/C11H18N3O2S2Si.3C4H9.Sn/c1-11(2,3)9-10-14(7-12-9)8(6-17-10)18(15,16)13-19(4)5;3*1-3-4-2;/h7,13,19H,1-5H3;3*1,3-4H2,2H3;. The minimum absolute atomic E-state index is 0.118. The van der Waals surface area contributed by atoms with Crippen LogP contribution in [-0.2, 0) is 15.4 Å². The Bertz CT molecular complexity index is 956. The van der Waals surface area contributed by atoms with Crippen molar-refractivity contribution in [3.63, 3.8) is 0 Å². The molecule has 32 heavy (non-hydrogen) atoms. The molecule has 0 radical (unpaired) electrons. The zero-order valence-corrected chi connectivity index (χ0v) is 27.2. The third-order valence-electron chi connectivity index (χ3n) is 6.20. The zero-order chi connectivity index (χ0) is 24.2. The van der Waals surface area contributed by atoms with Crippen LogP contribution in [0.15, 0.2) is 11.4 Å². The van der Waals surface area contributed by atoms with Gasteiger partial charge in [-0.25, -0.2) is 0 Å². The van der Waals surface area contributed by atoms with Crippen molar-refractivity contribution < 1.29 is 8.42 Å². The van der Waals surface area contributed by atoms with Crippen LogP contribution >= 0.6 is 11.3 Å². The van der Waals surface area contributed by atoms with Crippen LogP contribution in [-0.4, -0.2) is 45.1 Å². The van der Waals surface area contributed by atoms with E-state index in [-0.39, 0.29) is 5.41 Å². The van der Waals surface area contributed by atoms with Crippen LogP contribution in [0, 0.1) is 0 Å². The van der Waals surface area contributed by atoms with E-state index in [1.54, 1.807) is 17.7 Å². The second-order valence-electron chi connectivity index (χ2n) is 10.6. The Kier molecular flexibility index (Phi) is 10.3. The molecular formula is C23H45N3O2S2SiSn. The summed E-state index contributed by atoms with van der Waals surface area (Å²) in [6.45, 7) is 17.4. The summed E-state index contributed by atoms with van der Waals surface area (Å²) in [4.78, 5) is 5.75. The number of thiazole rings is 1. The number of sulfonamides is 1. The first-order valence-electron chi connectivity index (χ1n) is 12.5. The summed E-state index contributed by atoms with van der Waals surface area (Å²) >= 11 is -1.19. The maximum absolute atomic E-state index is 13.8. The number of nitrogens with zero attached hydrogens (tertiary/aromatic N) is 2. The van der Waals surface area contributed by atoms with E-state index in [1.807, 2.05) is 17.5 Å². The van der Waals surface area contributed by atoms with Gasteiger partial charge in [0.15, 0.2) is 0 Å². The van der Waals surface area contributed by atoms with E-state index in [4.69, 9.17) is 4.98 Å². The Hall–Kier alpha value is 0.0956. The summed E-state index contributed by atoms with van der Waals surface area (Å²) in [7, 11) is -5.10. The van der Waals surface area contributed by atoms with Crippen molar-refractivity contribution in [1.82, 2.24) is 13.8 Å². The van der Waals surface area contributed by atoms with Crippen molar-refractivity contribution in [2.45, 2.75) is 117 Å².